The van der Waals surface area contributed by atoms with Crippen molar-refractivity contribution in [2.24, 2.45) is 0 Å². The van der Waals surface area contributed by atoms with Gasteiger partial charge in [-0.1, -0.05) is 15.9 Å². The van der Waals surface area contributed by atoms with Crippen LogP contribution in [0.15, 0.2) is 10.9 Å². The summed E-state index contributed by atoms with van der Waals surface area (Å²) in [5.41, 5.74) is -1.42. The smallest absolute Gasteiger partial charge is 0.462 e. The molecule has 0 spiro atoms. The zero-order valence-corrected chi connectivity index (χ0v) is 11.2. The van der Waals surface area contributed by atoms with Crippen LogP contribution in [0.3, 0.4) is 0 Å². The molecule has 1 rings (SSSR count). The number of hydrogen-bond acceptors (Lipinski definition) is 4. The molecule has 0 aliphatic heterocycles. The van der Waals surface area contributed by atoms with Gasteiger partial charge in [0, 0.05) is 10.9 Å². The number of hydrogen-bond donors (Lipinski definition) is 1. The highest BCUT2D eigenvalue weighted by Gasteiger charge is 2.33. The summed E-state index contributed by atoms with van der Waals surface area (Å²) in [5.74, 6) is -1.67. The monoisotopic (exact) mass is 343 g/mol. The van der Waals surface area contributed by atoms with Crippen LogP contribution in [0, 0.1) is 0 Å². The Hall–Kier alpha value is -1.51. The van der Waals surface area contributed by atoms with Crippen LogP contribution in [-0.4, -0.2) is 23.9 Å². The van der Waals surface area contributed by atoms with Crippen molar-refractivity contribution < 1.29 is 27.4 Å². The van der Waals surface area contributed by atoms with E-state index < -0.39 is 23.8 Å². The summed E-state index contributed by atoms with van der Waals surface area (Å²) in [6.07, 6.45) is -4.94. The maximum absolute atomic E-state index is 12.1. The minimum atomic E-state index is -4.94. The summed E-state index contributed by atoms with van der Waals surface area (Å²) in [6, 6.07) is 0.993. The third kappa shape index (κ3) is 4.27. The fourth-order valence-corrected chi connectivity index (χ4v) is 1.64. The Labute approximate surface area is 113 Å². The molecule has 0 aliphatic rings. The number of nitrogens with one attached hydrogen (secondary N) is 1. The Bertz CT molecular complexity index is 526. The number of halogens is 4. The highest BCUT2D eigenvalue weighted by Crippen LogP contribution is 2.25. The third-order valence-corrected chi connectivity index (χ3v) is 2.54. The topological polar surface area (TPSA) is 68.4 Å². The lowest BCUT2D eigenvalue weighted by atomic mass is 10.2. The number of aromatic amines is 1. The van der Waals surface area contributed by atoms with Gasteiger partial charge in [0.15, 0.2) is 0 Å². The number of esters is 1. The summed E-state index contributed by atoms with van der Waals surface area (Å²) in [4.78, 5) is 24.8. The van der Waals surface area contributed by atoms with E-state index in [1.54, 1.807) is 6.92 Å². The van der Waals surface area contributed by atoms with Gasteiger partial charge in [0.25, 0.3) is 5.56 Å². The van der Waals surface area contributed by atoms with Gasteiger partial charge in [0.2, 0.25) is 5.88 Å². The lowest BCUT2D eigenvalue weighted by molar-refractivity contribution is -0.276. The van der Waals surface area contributed by atoms with Gasteiger partial charge in [-0.25, -0.2) is 4.79 Å². The number of ether oxygens (including phenoxy) is 2. The molecule has 0 atom stereocenters. The van der Waals surface area contributed by atoms with Gasteiger partial charge in [0.1, 0.15) is 5.56 Å². The van der Waals surface area contributed by atoms with Crippen LogP contribution in [-0.2, 0) is 10.1 Å². The van der Waals surface area contributed by atoms with Gasteiger partial charge < -0.3 is 9.47 Å². The van der Waals surface area contributed by atoms with Crippen LogP contribution in [0.4, 0.5) is 13.2 Å². The quantitative estimate of drug-likeness (QED) is 0.673. The van der Waals surface area contributed by atoms with Crippen LogP contribution < -0.4 is 10.3 Å². The fraction of sp³-hybridized carbons (Fsp3) is 0.400. The Morgan fingerprint density at radius 1 is 1.47 bits per heavy atom. The lowest BCUT2D eigenvalue weighted by Crippen LogP contribution is -2.25. The molecule has 0 saturated heterocycles. The first-order valence-electron chi connectivity index (χ1n) is 5.03. The average Bonchev–Trinajstić information content (AvgIpc) is 2.27. The van der Waals surface area contributed by atoms with Gasteiger partial charge in [-0.2, -0.15) is 0 Å². The Morgan fingerprint density at radius 2 is 2.11 bits per heavy atom. The predicted molar refractivity (Wildman–Crippen MR) is 62.3 cm³/mol. The summed E-state index contributed by atoms with van der Waals surface area (Å²) in [6.45, 7) is 1.58. The summed E-state index contributed by atoms with van der Waals surface area (Å²) in [7, 11) is 0. The van der Waals surface area contributed by atoms with Crippen molar-refractivity contribution >= 4 is 21.9 Å². The van der Waals surface area contributed by atoms with Crippen LogP contribution in [0.1, 0.15) is 22.8 Å². The maximum atomic E-state index is 12.1. The van der Waals surface area contributed by atoms with Crippen molar-refractivity contribution in [3.05, 3.63) is 27.5 Å². The number of alkyl halides is 4. The zero-order valence-electron chi connectivity index (χ0n) is 9.64. The third-order valence-electron chi connectivity index (χ3n) is 1.94. The van der Waals surface area contributed by atoms with Crippen molar-refractivity contribution in [1.82, 2.24) is 4.98 Å². The molecule has 0 bridgehead atoms. The van der Waals surface area contributed by atoms with Gasteiger partial charge in [0.05, 0.1) is 6.61 Å². The Balaban J connectivity index is 3.22. The highest BCUT2D eigenvalue weighted by molar-refractivity contribution is 9.08. The Morgan fingerprint density at radius 3 is 2.58 bits per heavy atom. The van der Waals surface area contributed by atoms with Crippen LogP contribution in [0.5, 0.6) is 5.88 Å². The number of carbonyl (C=O) groups excluding carboxylic acids is 1. The number of pyridine rings is 1. The first kappa shape index (κ1) is 15.5. The number of rotatable bonds is 4. The predicted octanol–water partition coefficient (Wildman–Crippen LogP) is 2.35. The zero-order chi connectivity index (χ0) is 14.6. The lowest BCUT2D eigenvalue weighted by Gasteiger charge is -2.12. The van der Waals surface area contributed by atoms with Crippen LogP contribution in [0.2, 0.25) is 0 Å². The van der Waals surface area contributed by atoms with E-state index >= 15 is 0 Å². The first-order chi connectivity index (χ1) is 8.78. The molecule has 0 aromatic carbocycles. The maximum Gasteiger partial charge on any atom is 0.574 e. The van der Waals surface area contributed by atoms with E-state index in [-0.39, 0.29) is 23.1 Å². The number of H-pyrrole nitrogens is 1. The summed E-state index contributed by atoms with van der Waals surface area (Å²) >= 11 is 2.94. The average molecular weight is 344 g/mol. The van der Waals surface area contributed by atoms with Gasteiger partial charge in [-0.15, -0.1) is 13.2 Å². The second kappa shape index (κ2) is 6.09. The molecule has 0 fully saturated rings. The minimum absolute atomic E-state index is 0.0278. The molecular formula is C10H9BrF3NO4. The van der Waals surface area contributed by atoms with E-state index in [2.05, 4.69) is 25.4 Å². The molecule has 1 aromatic heterocycles. The molecule has 5 nitrogen and oxygen atoms in total. The first-order valence-corrected chi connectivity index (χ1v) is 6.15. The second-order valence-corrected chi connectivity index (χ2v) is 3.83. The van der Waals surface area contributed by atoms with E-state index in [4.69, 9.17) is 0 Å². The van der Waals surface area contributed by atoms with E-state index in [0.717, 1.165) is 6.07 Å². The van der Waals surface area contributed by atoms with E-state index in [1.807, 2.05) is 4.98 Å². The van der Waals surface area contributed by atoms with Crippen molar-refractivity contribution in [3.63, 3.8) is 0 Å². The standard InChI is InChI=1S/C10H9BrF3NO4/c1-2-18-9(17)6-3-5(4-11)8(15-7(6)16)19-10(12,13)14/h3H,2,4H2,1H3,(H,15,16). The van der Waals surface area contributed by atoms with Crippen molar-refractivity contribution in [2.45, 2.75) is 18.6 Å². The van der Waals surface area contributed by atoms with Crippen molar-refractivity contribution in [3.8, 4) is 5.88 Å². The summed E-state index contributed by atoms with van der Waals surface area (Å²) < 4.78 is 44.6. The molecule has 19 heavy (non-hydrogen) atoms. The van der Waals surface area contributed by atoms with Crippen LogP contribution >= 0.6 is 15.9 Å². The van der Waals surface area contributed by atoms with E-state index in [0.29, 0.717) is 0 Å². The molecule has 0 unspecified atom stereocenters. The van der Waals surface area contributed by atoms with E-state index in [9.17, 15) is 22.8 Å². The minimum Gasteiger partial charge on any atom is -0.462 e. The van der Waals surface area contributed by atoms with Crippen molar-refractivity contribution in [1.29, 1.82) is 0 Å². The van der Waals surface area contributed by atoms with Gasteiger partial charge >= 0.3 is 12.3 Å². The molecule has 1 heterocycles. The SMILES string of the molecule is CCOC(=O)c1cc(CBr)c(OC(F)(F)F)[nH]c1=O. The van der Waals surface area contributed by atoms with Gasteiger partial charge in [-0.05, 0) is 13.0 Å². The highest BCUT2D eigenvalue weighted by atomic mass is 79.9. The Kier molecular flexibility index (Phi) is 4.98. The molecule has 1 N–H and O–H groups in total. The molecule has 1 aromatic rings. The molecule has 0 saturated carbocycles. The molecule has 106 valence electrons. The van der Waals surface area contributed by atoms with Crippen LogP contribution in [0.25, 0.3) is 0 Å². The number of carbonyl (C=O) groups is 1. The van der Waals surface area contributed by atoms with Crippen molar-refractivity contribution in [2.75, 3.05) is 6.61 Å². The molecule has 9 heteroatoms. The van der Waals surface area contributed by atoms with E-state index in [1.165, 1.54) is 0 Å². The number of aromatic nitrogens is 1. The molecule has 0 aliphatic carbocycles. The summed E-state index contributed by atoms with van der Waals surface area (Å²) in [5, 5.41) is -0.0401. The normalized spacial score (nSPS) is 11.2. The fourth-order valence-electron chi connectivity index (χ4n) is 1.22. The molecule has 0 radical (unpaired) electrons. The largest absolute Gasteiger partial charge is 0.574 e. The molecular weight excluding hydrogens is 335 g/mol. The second-order valence-electron chi connectivity index (χ2n) is 3.27. The van der Waals surface area contributed by atoms with Gasteiger partial charge in [-0.3, -0.25) is 9.78 Å². The molecule has 0 amide bonds.